The fourth-order valence-corrected chi connectivity index (χ4v) is 5.55. The molecule has 5 aromatic heterocycles. The van der Waals surface area contributed by atoms with Gasteiger partial charge in [0.25, 0.3) is 0 Å². The number of ketones is 1. The minimum atomic E-state index is -0.00712. The molecule has 216 valence electrons. The number of aromatic amines is 1. The SMILES string of the molecule is Clc1cccc(-c2[nH]ncc2-c2ccc3ncc(Br)cc3n2)c1.O=C(Cc1ccc2ncc(Br)cc2n1)c1cccc(Cl)c1. The van der Waals surface area contributed by atoms with E-state index in [-0.39, 0.29) is 12.2 Å². The molecule has 11 heteroatoms. The van der Waals surface area contributed by atoms with E-state index in [1.54, 1.807) is 42.9 Å². The molecular formula is C33H20Br2Cl2N6O. The number of carbonyl (C=O) groups is 1. The number of benzene rings is 2. The first-order valence-electron chi connectivity index (χ1n) is 13.2. The maximum atomic E-state index is 12.2. The van der Waals surface area contributed by atoms with Crippen LogP contribution in [0.4, 0.5) is 0 Å². The van der Waals surface area contributed by atoms with Crippen LogP contribution in [-0.2, 0) is 6.42 Å². The Morgan fingerprint density at radius 1 is 0.705 bits per heavy atom. The lowest BCUT2D eigenvalue weighted by molar-refractivity contribution is 0.0992. The van der Waals surface area contributed by atoms with Gasteiger partial charge in [-0.3, -0.25) is 24.8 Å². The van der Waals surface area contributed by atoms with Gasteiger partial charge in [-0.2, -0.15) is 5.10 Å². The molecule has 0 saturated heterocycles. The lowest BCUT2D eigenvalue weighted by atomic mass is 10.1. The van der Waals surface area contributed by atoms with Crippen molar-refractivity contribution in [1.82, 2.24) is 30.1 Å². The molecule has 44 heavy (non-hydrogen) atoms. The third-order valence-electron chi connectivity index (χ3n) is 6.58. The van der Waals surface area contributed by atoms with Crippen LogP contribution in [0.25, 0.3) is 44.6 Å². The van der Waals surface area contributed by atoms with Gasteiger partial charge in [0.1, 0.15) is 0 Å². The lowest BCUT2D eigenvalue weighted by Crippen LogP contribution is -2.05. The highest BCUT2D eigenvalue weighted by molar-refractivity contribution is 9.10. The summed E-state index contributed by atoms with van der Waals surface area (Å²) >= 11 is 18.8. The molecule has 0 bridgehead atoms. The second-order valence-electron chi connectivity index (χ2n) is 9.66. The zero-order chi connectivity index (χ0) is 30.6. The number of pyridine rings is 4. The number of halogens is 4. The van der Waals surface area contributed by atoms with Crippen LogP contribution in [0.15, 0.2) is 112 Å². The monoisotopic (exact) mass is 744 g/mol. The molecule has 0 saturated carbocycles. The van der Waals surface area contributed by atoms with Gasteiger partial charge in [0.15, 0.2) is 5.78 Å². The van der Waals surface area contributed by atoms with E-state index >= 15 is 0 Å². The molecule has 0 fully saturated rings. The molecule has 0 aliphatic heterocycles. The van der Waals surface area contributed by atoms with Crippen molar-refractivity contribution in [2.75, 3.05) is 0 Å². The number of Topliss-reactive ketones (excluding diaryl/α,β-unsaturated/α-hetero) is 1. The van der Waals surface area contributed by atoms with Crippen LogP contribution in [-0.4, -0.2) is 35.9 Å². The second-order valence-corrected chi connectivity index (χ2v) is 12.4. The molecule has 7 rings (SSSR count). The van der Waals surface area contributed by atoms with Crippen LogP contribution in [0, 0.1) is 0 Å². The zero-order valence-electron chi connectivity index (χ0n) is 22.7. The number of carbonyl (C=O) groups excluding carboxylic acids is 1. The largest absolute Gasteiger partial charge is 0.294 e. The number of nitrogens with one attached hydrogen (secondary N) is 1. The summed E-state index contributed by atoms with van der Waals surface area (Å²) in [5.41, 5.74) is 8.18. The molecule has 0 atom stereocenters. The molecule has 7 aromatic rings. The molecule has 5 heterocycles. The Labute approximate surface area is 279 Å². The maximum absolute atomic E-state index is 12.2. The van der Waals surface area contributed by atoms with Gasteiger partial charge in [0.05, 0.1) is 46.1 Å². The van der Waals surface area contributed by atoms with E-state index in [1.807, 2.05) is 60.7 Å². The molecule has 0 spiro atoms. The van der Waals surface area contributed by atoms with E-state index in [0.717, 1.165) is 53.5 Å². The number of hydrogen-bond donors (Lipinski definition) is 1. The summed E-state index contributed by atoms with van der Waals surface area (Å²) in [5, 5.41) is 8.44. The third-order valence-corrected chi connectivity index (χ3v) is 7.92. The van der Waals surface area contributed by atoms with E-state index in [1.165, 1.54) is 0 Å². The van der Waals surface area contributed by atoms with Gasteiger partial charge in [-0.05, 0) is 92.5 Å². The minimum absolute atomic E-state index is 0.00712. The number of aromatic nitrogens is 6. The molecule has 2 aromatic carbocycles. The Morgan fingerprint density at radius 3 is 2.07 bits per heavy atom. The van der Waals surface area contributed by atoms with Crippen LogP contribution in [0.3, 0.4) is 0 Å². The van der Waals surface area contributed by atoms with Crippen molar-refractivity contribution < 1.29 is 4.79 Å². The summed E-state index contributed by atoms with van der Waals surface area (Å²) in [7, 11) is 0. The maximum Gasteiger partial charge on any atom is 0.168 e. The van der Waals surface area contributed by atoms with E-state index in [9.17, 15) is 4.79 Å². The Kier molecular flexibility index (Phi) is 9.09. The Hall–Kier alpha value is -4.02. The number of fused-ring (bicyclic) bond motifs is 2. The number of rotatable bonds is 5. The van der Waals surface area contributed by atoms with Gasteiger partial charge >= 0.3 is 0 Å². The first kappa shape index (κ1) is 30.0. The molecule has 0 unspecified atom stereocenters. The summed E-state index contributed by atoms with van der Waals surface area (Å²) in [4.78, 5) is 30.0. The Morgan fingerprint density at radius 2 is 1.36 bits per heavy atom. The van der Waals surface area contributed by atoms with Crippen molar-refractivity contribution in [2.45, 2.75) is 6.42 Å². The summed E-state index contributed by atoms with van der Waals surface area (Å²) in [5.74, 6) is -0.00712. The summed E-state index contributed by atoms with van der Waals surface area (Å²) in [6.07, 6.45) is 5.50. The summed E-state index contributed by atoms with van der Waals surface area (Å²) in [6.45, 7) is 0. The van der Waals surface area contributed by atoms with E-state index in [2.05, 4.69) is 57.0 Å². The van der Waals surface area contributed by atoms with Crippen LogP contribution in [0.2, 0.25) is 10.0 Å². The van der Waals surface area contributed by atoms with E-state index < -0.39 is 0 Å². The molecule has 0 radical (unpaired) electrons. The number of H-pyrrole nitrogens is 1. The molecule has 0 aliphatic carbocycles. The van der Waals surface area contributed by atoms with Gasteiger partial charge in [-0.25, -0.2) is 4.98 Å². The van der Waals surface area contributed by atoms with Gasteiger partial charge < -0.3 is 0 Å². The van der Waals surface area contributed by atoms with Gasteiger partial charge in [-0.1, -0.05) is 47.5 Å². The third kappa shape index (κ3) is 7.03. The summed E-state index contributed by atoms with van der Waals surface area (Å²) < 4.78 is 1.76. The Bertz CT molecular complexity index is 2150. The number of hydrogen-bond acceptors (Lipinski definition) is 6. The van der Waals surface area contributed by atoms with Crippen molar-refractivity contribution >= 4 is 82.9 Å². The first-order chi connectivity index (χ1) is 21.3. The van der Waals surface area contributed by atoms with Crippen molar-refractivity contribution in [1.29, 1.82) is 0 Å². The molecule has 0 amide bonds. The molecular weight excluding hydrogens is 727 g/mol. The molecule has 7 nitrogen and oxygen atoms in total. The minimum Gasteiger partial charge on any atom is -0.294 e. The average Bonchev–Trinajstić information content (AvgIpc) is 3.51. The highest BCUT2D eigenvalue weighted by Crippen LogP contribution is 2.31. The fourth-order valence-electron chi connectivity index (χ4n) is 4.53. The highest BCUT2D eigenvalue weighted by Gasteiger charge is 2.13. The zero-order valence-corrected chi connectivity index (χ0v) is 27.4. The summed E-state index contributed by atoms with van der Waals surface area (Å²) in [6, 6.07) is 26.0. The topological polar surface area (TPSA) is 97.3 Å². The van der Waals surface area contributed by atoms with Gasteiger partial charge in [0, 0.05) is 53.8 Å². The number of nitrogens with zero attached hydrogens (tertiary/aromatic N) is 5. The normalized spacial score (nSPS) is 10.9. The van der Waals surface area contributed by atoms with Crippen molar-refractivity contribution in [2.24, 2.45) is 0 Å². The van der Waals surface area contributed by atoms with Crippen LogP contribution in [0.5, 0.6) is 0 Å². The standard InChI is InChI=1S/C17H10BrClN4.C16H10BrClN2O/c18-11-7-16-15(20-8-11)5-4-14(22-16)13-9-21-23-17(13)10-2-1-3-12(19)6-10;17-11-7-15-14(19-9-11)5-4-13(20-15)8-16(21)10-2-1-3-12(18)6-10/h1-9H,(H,21,23);1-7,9H,8H2. The molecule has 0 aliphatic rings. The van der Waals surface area contributed by atoms with Crippen LogP contribution < -0.4 is 0 Å². The van der Waals surface area contributed by atoms with Crippen molar-refractivity contribution in [3.63, 3.8) is 0 Å². The van der Waals surface area contributed by atoms with Gasteiger partial charge in [0.2, 0.25) is 0 Å². The fraction of sp³-hybridized carbons (Fsp3) is 0.0303. The average molecular weight is 747 g/mol. The predicted molar refractivity (Wildman–Crippen MR) is 182 cm³/mol. The quantitative estimate of drug-likeness (QED) is 0.176. The Balaban J connectivity index is 0.000000157. The van der Waals surface area contributed by atoms with E-state index in [4.69, 9.17) is 28.2 Å². The van der Waals surface area contributed by atoms with Crippen molar-refractivity contribution in [3.8, 4) is 22.5 Å². The van der Waals surface area contributed by atoms with E-state index in [0.29, 0.717) is 21.3 Å². The second kappa shape index (κ2) is 13.3. The smallest absolute Gasteiger partial charge is 0.168 e. The van der Waals surface area contributed by atoms with Crippen LogP contribution >= 0.6 is 55.1 Å². The predicted octanol–water partition coefficient (Wildman–Crippen LogP) is 9.57. The van der Waals surface area contributed by atoms with Crippen molar-refractivity contribution in [3.05, 3.63) is 134 Å². The molecule has 1 N–H and O–H groups in total. The van der Waals surface area contributed by atoms with Crippen LogP contribution in [0.1, 0.15) is 16.1 Å². The first-order valence-corrected chi connectivity index (χ1v) is 15.6. The lowest BCUT2D eigenvalue weighted by Gasteiger charge is -2.05. The van der Waals surface area contributed by atoms with Gasteiger partial charge in [-0.15, -0.1) is 0 Å². The highest BCUT2D eigenvalue weighted by atomic mass is 79.9.